The van der Waals surface area contributed by atoms with Gasteiger partial charge in [-0.3, -0.25) is 18.9 Å². The molecule has 20 heteroatoms. The van der Waals surface area contributed by atoms with Crippen molar-refractivity contribution in [3.63, 3.8) is 0 Å². The number of aromatic amines is 1. The number of hydrogen-bond acceptors (Lipinski definition) is 11. The maximum absolute atomic E-state index is 12.8. The van der Waals surface area contributed by atoms with Gasteiger partial charge in [-0.2, -0.15) is 8.62 Å². The first-order valence-corrected chi connectivity index (χ1v) is 19.8. The minimum absolute atomic E-state index is 0.228. The van der Waals surface area contributed by atoms with E-state index >= 15 is 0 Å². The maximum Gasteiger partial charge on any atom is 0.490 e. The Balaban J connectivity index is 2.16. The van der Waals surface area contributed by atoms with Gasteiger partial charge in [0, 0.05) is 18.7 Å². The standard InChI is InChI=1S/C29H47N2O15P3/c1-20(2)9-6-10-21(3)11-7-12-22(4)13-8-14-23(5)15-17-29(31-18-16-25(32)30-28(31)35)27(34)26(33)24(44-29)19-43-48(39,40)46-49(41,42)45-47(36,37)38/h9,11,13,15-16,18,24,26-27,33-34H,6-8,10,12,14,17,19H2,1-5H3,(H,39,40)(H,41,42)(H,30,32,35)(H2,36,37,38)/t24-,26-,27-,29-/m1/s1. The summed E-state index contributed by atoms with van der Waals surface area (Å²) in [7, 11) is -17.0. The zero-order chi connectivity index (χ0) is 37.2. The smallest absolute Gasteiger partial charge is 0.387 e. The van der Waals surface area contributed by atoms with Crippen LogP contribution < -0.4 is 11.2 Å². The highest BCUT2D eigenvalue weighted by atomic mass is 31.3. The molecule has 2 unspecified atom stereocenters. The van der Waals surface area contributed by atoms with Crippen molar-refractivity contribution in [2.45, 2.75) is 104 Å². The fourth-order valence-electron chi connectivity index (χ4n) is 4.96. The molecule has 0 amide bonds. The molecule has 0 bridgehead atoms. The van der Waals surface area contributed by atoms with E-state index in [2.05, 4.69) is 59.1 Å². The molecular formula is C29H47N2O15P3. The number of aliphatic hydroxyl groups excluding tert-OH is 2. The molecule has 1 aromatic rings. The highest BCUT2D eigenvalue weighted by Gasteiger charge is 2.56. The lowest BCUT2D eigenvalue weighted by Gasteiger charge is -2.33. The molecule has 1 saturated heterocycles. The van der Waals surface area contributed by atoms with E-state index in [0.717, 1.165) is 48.1 Å². The van der Waals surface area contributed by atoms with Gasteiger partial charge in [0.05, 0.1) is 6.61 Å². The van der Waals surface area contributed by atoms with Crippen LogP contribution in [0.25, 0.3) is 0 Å². The van der Waals surface area contributed by atoms with Crippen molar-refractivity contribution < 1.29 is 61.4 Å². The molecule has 0 aliphatic carbocycles. The maximum atomic E-state index is 12.8. The van der Waals surface area contributed by atoms with E-state index in [1.165, 1.54) is 16.7 Å². The number of allylic oxidation sites excluding steroid dienone is 7. The number of phosphoric acid groups is 3. The van der Waals surface area contributed by atoms with E-state index < -0.39 is 65.4 Å². The highest BCUT2D eigenvalue weighted by molar-refractivity contribution is 7.66. The number of rotatable bonds is 19. The van der Waals surface area contributed by atoms with Gasteiger partial charge in [0.15, 0.2) is 5.72 Å². The Bertz CT molecular complexity index is 1670. The number of nitrogens with one attached hydrogen (secondary N) is 1. The van der Waals surface area contributed by atoms with Crippen LogP contribution in [0.4, 0.5) is 0 Å². The SMILES string of the molecule is CC(C)=CCCC(C)=CCCC(C)=CCCC(C)=CC[C@@]1(n2ccc(=O)[nH]c2=O)O[C@H](COP(=O)(O)OP(=O)(O)OP(=O)(O)O)[C@@H](O)[C@H]1O. The number of aromatic nitrogens is 2. The van der Waals surface area contributed by atoms with Gasteiger partial charge in [0.2, 0.25) is 0 Å². The highest BCUT2D eigenvalue weighted by Crippen LogP contribution is 2.66. The third kappa shape index (κ3) is 14.6. The molecular weight excluding hydrogens is 709 g/mol. The first-order valence-electron chi connectivity index (χ1n) is 15.3. The van der Waals surface area contributed by atoms with Gasteiger partial charge in [-0.05, 0) is 73.1 Å². The molecule has 2 heterocycles. The van der Waals surface area contributed by atoms with Crippen LogP contribution in [0.2, 0.25) is 0 Å². The van der Waals surface area contributed by atoms with Crippen LogP contribution in [0.3, 0.4) is 0 Å². The Labute approximate surface area is 284 Å². The Morgan fingerprint density at radius 1 is 0.857 bits per heavy atom. The van der Waals surface area contributed by atoms with E-state index in [9.17, 15) is 43.3 Å². The number of phosphoric ester groups is 1. The summed E-state index contributed by atoms with van der Waals surface area (Å²) in [6.45, 7) is 9.07. The first kappa shape index (κ1) is 43.1. The van der Waals surface area contributed by atoms with Crippen molar-refractivity contribution >= 4 is 23.5 Å². The Hall–Kier alpha value is -2.07. The molecule has 1 aromatic heterocycles. The van der Waals surface area contributed by atoms with Gasteiger partial charge in [-0.15, -0.1) is 0 Å². The Kier molecular flexibility index (Phi) is 16.2. The quantitative estimate of drug-likeness (QED) is 0.0771. The van der Waals surface area contributed by atoms with Crippen LogP contribution in [0.15, 0.2) is 68.4 Å². The monoisotopic (exact) mass is 756 g/mol. The van der Waals surface area contributed by atoms with Crippen LogP contribution in [-0.4, -0.2) is 64.3 Å². The molecule has 0 spiro atoms. The Morgan fingerprint density at radius 2 is 1.39 bits per heavy atom. The van der Waals surface area contributed by atoms with Gasteiger partial charge in [0.1, 0.15) is 18.3 Å². The lowest BCUT2D eigenvalue weighted by atomic mass is 9.97. The van der Waals surface area contributed by atoms with E-state index in [0.29, 0.717) is 12.8 Å². The van der Waals surface area contributed by atoms with Crippen LogP contribution >= 0.6 is 23.5 Å². The molecule has 0 radical (unpaired) electrons. The van der Waals surface area contributed by atoms with Crippen LogP contribution in [-0.2, 0) is 37.3 Å². The van der Waals surface area contributed by atoms with Gasteiger partial charge in [-0.1, -0.05) is 46.6 Å². The summed E-state index contributed by atoms with van der Waals surface area (Å²) >= 11 is 0. The minimum Gasteiger partial charge on any atom is -0.387 e. The molecule has 1 fully saturated rings. The van der Waals surface area contributed by atoms with Gasteiger partial charge in [-0.25, -0.2) is 18.5 Å². The van der Waals surface area contributed by atoms with Crippen molar-refractivity contribution in [2.24, 2.45) is 0 Å². The largest absolute Gasteiger partial charge is 0.490 e. The molecule has 17 nitrogen and oxygen atoms in total. The second kappa shape index (κ2) is 18.4. The zero-order valence-electron chi connectivity index (χ0n) is 28.0. The third-order valence-corrected chi connectivity index (χ3v) is 11.3. The fourth-order valence-corrected chi connectivity index (χ4v) is 7.99. The molecule has 6 atom stereocenters. The molecule has 7 N–H and O–H groups in total. The molecule has 0 saturated carbocycles. The first-order chi connectivity index (χ1) is 22.6. The summed E-state index contributed by atoms with van der Waals surface area (Å²) in [6, 6.07) is 0.981. The summed E-state index contributed by atoms with van der Waals surface area (Å²) in [4.78, 5) is 63.2. The van der Waals surface area contributed by atoms with E-state index in [4.69, 9.17) is 14.5 Å². The van der Waals surface area contributed by atoms with Crippen molar-refractivity contribution in [3.05, 3.63) is 79.7 Å². The van der Waals surface area contributed by atoms with E-state index in [1.807, 2.05) is 11.9 Å². The topological polar surface area (TPSA) is 264 Å². The second-order valence-electron chi connectivity index (χ2n) is 12.1. The molecule has 278 valence electrons. The molecule has 0 aromatic carbocycles. The van der Waals surface area contributed by atoms with Gasteiger partial charge >= 0.3 is 29.2 Å². The average molecular weight is 757 g/mol. The summed E-state index contributed by atoms with van der Waals surface area (Å²) in [6.07, 6.45) is 8.80. The summed E-state index contributed by atoms with van der Waals surface area (Å²) in [5.74, 6) is 0. The lowest BCUT2D eigenvalue weighted by Crippen LogP contribution is -2.51. The van der Waals surface area contributed by atoms with Crippen molar-refractivity contribution in [1.29, 1.82) is 0 Å². The average Bonchev–Trinajstić information content (AvgIpc) is 3.18. The lowest BCUT2D eigenvalue weighted by molar-refractivity contribution is -0.147. The fraction of sp³-hybridized carbons (Fsp3) is 0.586. The number of aliphatic hydroxyl groups is 2. The van der Waals surface area contributed by atoms with Crippen LogP contribution in [0.5, 0.6) is 0 Å². The minimum atomic E-state index is -5.81. The summed E-state index contributed by atoms with van der Waals surface area (Å²) in [5.41, 5.74) is 0.880. The van der Waals surface area contributed by atoms with Gasteiger partial charge in [0.25, 0.3) is 5.56 Å². The molecule has 49 heavy (non-hydrogen) atoms. The molecule has 1 aliphatic heterocycles. The number of hydrogen-bond donors (Lipinski definition) is 7. The Morgan fingerprint density at radius 3 is 1.90 bits per heavy atom. The second-order valence-corrected chi connectivity index (χ2v) is 16.5. The van der Waals surface area contributed by atoms with Crippen LogP contribution in [0.1, 0.15) is 79.6 Å². The summed E-state index contributed by atoms with van der Waals surface area (Å²) in [5, 5.41) is 21.9. The van der Waals surface area contributed by atoms with Crippen molar-refractivity contribution in [3.8, 4) is 0 Å². The normalized spacial score (nSPS) is 24.8. The predicted molar refractivity (Wildman–Crippen MR) is 179 cm³/mol. The molecule has 1 aliphatic rings. The van der Waals surface area contributed by atoms with Crippen molar-refractivity contribution in [1.82, 2.24) is 9.55 Å². The third-order valence-electron chi connectivity index (χ3n) is 7.47. The van der Waals surface area contributed by atoms with Crippen molar-refractivity contribution in [2.75, 3.05) is 6.61 Å². The molecule has 2 rings (SSSR count). The number of nitrogens with zero attached hydrogens (tertiary/aromatic N) is 1. The predicted octanol–water partition coefficient (Wildman–Crippen LogP) is 4.19. The van der Waals surface area contributed by atoms with E-state index in [1.54, 1.807) is 6.08 Å². The summed E-state index contributed by atoms with van der Waals surface area (Å²) < 4.78 is 53.4. The number of ether oxygens (including phenoxy) is 1. The van der Waals surface area contributed by atoms with Gasteiger partial charge < -0.3 is 34.5 Å². The van der Waals surface area contributed by atoms with E-state index in [-0.39, 0.29) is 6.42 Å². The van der Waals surface area contributed by atoms with Crippen LogP contribution in [0, 0.1) is 0 Å². The zero-order valence-corrected chi connectivity index (χ0v) is 30.7. The number of H-pyrrole nitrogens is 1.